The molecule has 18 heavy (non-hydrogen) atoms. The minimum Gasteiger partial charge on any atom is -0.334 e. The number of aromatic nitrogens is 2. The topological polar surface area (TPSA) is 90.0 Å². The van der Waals surface area contributed by atoms with Gasteiger partial charge in [-0.2, -0.15) is 0 Å². The van der Waals surface area contributed by atoms with E-state index in [1.165, 1.54) is 0 Å². The van der Waals surface area contributed by atoms with E-state index in [9.17, 15) is 8.42 Å². The zero-order valence-electron chi connectivity index (χ0n) is 10.8. The van der Waals surface area contributed by atoms with E-state index in [2.05, 4.69) is 9.71 Å². The number of aryl methyl sites for hydroxylation is 2. The molecular weight excluding hydrogens is 252 g/mol. The average molecular weight is 272 g/mol. The van der Waals surface area contributed by atoms with Crippen molar-refractivity contribution in [2.45, 2.75) is 44.3 Å². The van der Waals surface area contributed by atoms with Gasteiger partial charge in [0.15, 0.2) is 5.03 Å². The van der Waals surface area contributed by atoms with Crippen molar-refractivity contribution in [3.05, 3.63) is 12.0 Å². The Morgan fingerprint density at radius 3 is 2.78 bits per heavy atom. The van der Waals surface area contributed by atoms with Crippen LogP contribution in [0, 0.1) is 12.8 Å². The van der Waals surface area contributed by atoms with Crippen LogP contribution in [-0.4, -0.2) is 30.6 Å². The first-order valence-electron chi connectivity index (χ1n) is 6.23. The Labute approximate surface area is 108 Å². The number of nitrogens with one attached hydrogen (secondary N) is 1. The molecule has 1 heterocycles. The zero-order valence-corrected chi connectivity index (χ0v) is 11.6. The van der Waals surface area contributed by atoms with E-state index < -0.39 is 10.0 Å². The molecular formula is C11H20N4O2S. The predicted molar refractivity (Wildman–Crippen MR) is 68.5 cm³/mol. The van der Waals surface area contributed by atoms with Crippen LogP contribution in [0.3, 0.4) is 0 Å². The molecule has 7 heteroatoms. The standard InChI is InChI=1S/C11H20N4O2S/c1-3-15-7-11(14-8(15)2)18(16,17)13-6-10(12)9-4-5-9/h7,9-10,13H,3-6,12H2,1-2H3. The fraction of sp³-hybridized carbons (Fsp3) is 0.727. The van der Waals surface area contributed by atoms with Gasteiger partial charge >= 0.3 is 0 Å². The normalized spacial score (nSPS) is 17.9. The smallest absolute Gasteiger partial charge is 0.259 e. The van der Waals surface area contributed by atoms with Gasteiger partial charge in [-0.05, 0) is 32.6 Å². The van der Waals surface area contributed by atoms with Crippen molar-refractivity contribution in [2.24, 2.45) is 11.7 Å². The van der Waals surface area contributed by atoms with Crippen LogP contribution in [0.2, 0.25) is 0 Å². The van der Waals surface area contributed by atoms with Crippen LogP contribution >= 0.6 is 0 Å². The fourth-order valence-corrected chi connectivity index (χ4v) is 2.98. The summed E-state index contributed by atoms with van der Waals surface area (Å²) in [6, 6.07) is -0.0888. The lowest BCUT2D eigenvalue weighted by atomic mass is 10.2. The Kier molecular flexibility index (Phi) is 3.74. The summed E-state index contributed by atoms with van der Waals surface area (Å²) < 4.78 is 28.4. The van der Waals surface area contributed by atoms with Gasteiger partial charge in [0.2, 0.25) is 0 Å². The molecule has 1 saturated carbocycles. The lowest BCUT2D eigenvalue weighted by Gasteiger charge is -2.10. The molecule has 2 rings (SSSR count). The Hall–Kier alpha value is -0.920. The van der Waals surface area contributed by atoms with Gasteiger partial charge in [0.25, 0.3) is 10.0 Å². The van der Waals surface area contributed by atoms with Crippen LogP contribution in [0.25, 0.3) is 0 Å². The first-order chi connectivity index (χ1) is 8.44. The highest BCUT2D eigenvalue weighted by Gasteiger charge is 2.29. The molecule has 0 saturated heterocycles. The third-order valence-corrected chi connectivity index (χ3v) is 4.60. The molecule has 102 valence electrons. The molecule has 3 N–H and O–H groups in total. The largest absolute Gasteiger partial charge is 0.334 e. The number of sulfonamides is 1. The number of imidazole rings is 1. The van der Waals surface area contributed by atoms with Crippen molar-refractivity contribution in [1.82, 2.24) is 14.3 Å². The van der Waals surface area contributed by atoms with E-state index in [1.54, 1.807) is 17.7 Å². The summed E-state index contributed by atoms with van der Waals surface area (Å²) >= 11 is 0. The van der Waals surface area contributed by atoms with E-state index >= 15 is 0 Å². The van der Waals surface area contributed by atoms with E-state index in [-0.39, 0.29) is 17.6 Å². The third kappa shape index (κ3) is 2.90. The van der Waals surface area contributed by atoms with Crippen molar-refractivity contribution in [3.8, 4) is 0 Å². The SMILES string of the molecule is CCn1cc(S(=O)(=O)NCC(N)C2CC2)nc1C. The van der Waals surface area contributed by atoms with E-state index in [4.69, 9.17) is 5.73 Å². The van der Waals surface area contributed by atoms with Crippen LogP contribution in [0.1, 0.15) is 25.6 Å². The average Bonchev–Trinajstić information content (AvgIpc) is 3.09. The van der Waals surface area contributed by atoms with Crippen molar-refractivity contribution in [3.63, 3.8) is 0 Å². The van der Waals surface area contributed by atoms with Gasteiger partial charge in [-0.15, -0.1) is 0 Å². The first kappa shape index (κ1) is 13.5. The lowest BCUT2D eigenvalue weighted by Crippen LogP contribution is -2.38. The summed E-state index contributed by atoms with van der Waals surface area (Å²) in [4.78, 5) is 4.06. The van der Waals surface area contributed by atoms with Crippen molar-refractivity contribution in [2.75, 3.05) is 6.54 Å². The summed E-state index contributed by atoms with van der Waals surface area (Å²) in [5.74, 6) is 1.17. The van der Waals surface area contributed by atoms with Crippen LogP contribution in [0.4, 0.5) is 0 Å². The molecule has 1 aliphatic carbocycles. The summed E-state index contributed by atoms with van der Waals surface area (Å²) in [6.45, 7) is 4.72. The van der Waals surface area contributed by atoms with Crippen LogP contribution < -0.4 is 10.5 Å². The number of nitrogens with two attached hydrogens (primary N) is 1. The number of hydrogen-bond acceptors (Lipinski definition) is 4. The van der Waals surface area contributed by atoms with E-state index in [0.29, 0.717) is 18.3 Å². The molecule has 0 aromatic carbocycles. The molecule has 0 aliphatic heterocycles. The maximum absolute atomic E-state index is 12.0. The zero-order chi connectivity index (χ0) is 13.3. The van der Waals surface area contributed by atoms with Gasteiger partial charge in [0.1, 0.15) is 5.82 Å². The quantitative estimate of drug-likeness (QED) is 0.775. The molecule has 1 fully saturated rings. The van der Waals surface area contributed by atoms with Gasteiger partial charge in [0, 0.05) is 25.3 Å². The molecule has 0 spiro atoms. The first-order valence-corrected chi connectivity index (χ1v) is 7.71. The summed E-state index contributed by atoms with van der Waals surface area (Å²) in [5, 5.41) is 0.0739. The molecule has 6 nitrogen and oxygen atoms in total. The van der Waals surface area contributed by atoms with Gasteiger partial charge in [0.05, 0.1) is 0 Å². The Morgan fingerprint density at radius 1 is 1.61 bits per heavy atom. The second-order valence-electron chi connectivity index (χ2n) is 4.77. The van der Waals surface area contributed by atoms with Crippen molar-refractivity contribution in [1.29, 1.82) is 0 Å². The van der Waals surface area contributed by atoms with Gasteiger partial charge in [-0.1, -0.05) is 0 Å². The molecule has 1 unspecified atom stereocenters. The molecule has 0 amide bonds. The van der Waals surface area contributed by atoms with E-state index in [1.807, 2.05) is 6.92 Å². The van der Waals surface area contributed by atoms with E-state index in [0.717, 1.165) is 12.8 Å². The summed E-state index contributed by atoms with van der Waals surface area (Å²) in [6.07, 6.45) is 3.76. The summed E-state index contributed by atoms with van der Waals surface area (Å²) in [7, 11) is -3.53. The number of rotatable bonds is 6. The summed E-state index contributed by atoms with van der Waals surface area (Å²) in [5.41, 5.74) is 5.87. The van der Waals surface area contributed by atoms with Crippen LogP contribution in [-0.2, 0) is 16.6 Å². The maximum Gasteiger partial charge on any atom is 0.259 e. The van der Waals surface area contributed by atoms with Crippen LogP contribution in [0.5, 0.6) is 0 Å². The highest BCUT2D eigenvalue weighted by Crippen LogP contribution is 2.31. The predicted octanol–water partition coefficient (Wildman–Crippen LogP) is 0.227. The molecule has 1 aromatic rings. The molecule has 1 atom stereocenters. The monoisotopic (exact) mass is 272 g/mol. The fourth-order valence-electron chi connectivity index (χ4n) is 1.90. The minimum atomic E-state index is -3.53. The molecule has 1 aromatic heterocycles. The lowest BCUT2D eigenvalue weighted by molar-refractivity contribution is 0.545. The van der Waals surface area contributed by atoms with Gasteiger partial charge in [-0.3, -0.25) is 0 Å². The maximum atomic E-state index is 12.0. The van der Waals surface area contributed by atoms with Crippen LogP contribution in [0.15, 0.2) is 11.2 Å². The van der Waals surface area contributed by atoms with Gasteiger partial charge < -0.3 is 10.3 Å². The third-order valence-electron chi connectivity index (χ3n) is 3.31. The highest BCUT2D eigenvalue weighted by molar-refractivity contribution is 7.89. The van der Waals surface area contributed by atoms with Crippen molar-refractivity contribution < 1.29 is 8.42 Å². The highest BCUT2D eigenvalue weighted by atomic mass is 32.2. The Balaban J connectivity index is 2.04. The second kappa shape index (κ2) is 4.99. The molecule has 1 aliphatic rings. The molecule has 0 bridgehead atoms. The Morgan fingerprint density at radius 2 is 2.28 bits per heavy atom. The van der Waals surface area contributed by atoms with Gasteiger partial charge in [-0.25, -0.2) is 18.1 Å². The second-order valence-corrected chi connectivity index (χ2v) is 6.48. The number of hydrogen-bond donors (Lipinski definition) is 2. The van der Waals surface area contributed by atoms with Crippen molar-refractivity contribution >= 4 is 10.0 Å². The minimum absolute atomic E-state index is 0.0739. The Bertz CT molecular complexity index is 519. The molecule has 0 radical (unpaired) electrons. The number of nitrogens with zero attached hydrogens (tertiary/aromatic N) is 2.